The lowest BCUT2D eigenvalue weighted by atomic mass is 9.93. The van der Waals surface area contributed by atoms with Crippen LogP contribution in [0.5, 0.6) is 0 Å². The van der Waals surface area contributed by atoms with Crippen LogP contribution >= 0.6 is 11.6 Å². The number of fused-ring (bicyclic) bond motifs is 1. The Balaban J connectivity index is 1.63. The van der Waals surface area contributed by atoms with Gasteiger partial charge in [-0.2, -0.15) is 9.78 Å². The van der Waals surface area contributed by atoms with Crippen molar-refractivity contribution in [1.82, 2.24) is 9.78 Å². The Morgan fingerprint density at radius 2 is 1.94 bits per heavy atom. The van der Waals surface area contributed by atoms with Crippen LogP contribution in [-0.2, 0) is 17.6 Å². The molecular formula is C25H22ClFN2O3. The van der Waals surface area contributed by atoms with E-state index in [1.807, 2.05) is 12.1 Å². The number of carbonyl (C=O) groups is 2. The van der Waals surface area contributed by atoms with Crippen molar-refractivity contribution in [2.75, 3.05) is 7.11 Å². The Morgan fingerprint density at radius 3 is 2.66 bits per heavy atom. The zero-order valence-electron chi connectivity index (χ0n) is 17.7. The lowest BCUT2D eigenvalue weighted by molar-refractivity contribution is 0.0600. The Bertz CT molecular complexity index is 1250. The monoisotopic (exact) mass is 452 g/mol. The van der Waals surface area contributed by atoms with Gasteiger partial charge in [0.15, 0.2) is 0 Å². The summed E-state index contributed by atoms with van der Waals surface area (Å²) in [5.41, 5.74) is 3.98. The zero-order chi connectivity index (χ0) is 22.4. The van der Waals surface area contributed by atoms with Crippen LogP contribution in [-0.4, -0.2) is 28.8 Å². The molecule has 2 aliphatic rings. The highest BCUT2D eigenvalue weighted by atomic mass is 35.5. The molecule has 32 heavy (non-hydrogen) atoms. The number of halogens is 2. The number of hydrogen-bond acceptors (Lipinski definition) is 4. The van der Waals surface area contributed by atoms with E-state index in [0.717, 1.165) is 48.6 Å². The van der Waals surface area contributed by atoms with Gasteiger partial charge in [-0.25, -0.2) is 9.18 Å². The molecule has 0 amide bonds. The summed E-state index contributed by atoms with van der Waals surface area (Å²) in [6.07, 6.45) is 5.38. The average Bonchev–Trinajstić information content (AvgIpc) is 3.58. The molecule has 0 unspecified atom stereocenters. The molecule has 5 nitrogen and oxygen atoms in total. The molecule has 2 aromatic carbocycles. The highest BCUT2D eigenvalue weighted by Gasteiger charge is 2.33. The van der Waals surface area contributed by atoms with Crippen molar-refractivity contribution in [2.24, 2.45) is 0 Å². The summed E-state index contributed by atoms with van der Waals surface area (Å²) in [7, 11) is 1.25. The smallest absolute Gasteiger partial charge is 0.337 e. The SMILES string of the molecule is COC(=O)c1ccc(-c2nn(C(=O)c3c(Cl)cccc3C3CC3)c3c2CCCC3)c(F)c1. The maximum Gasteiger partial charge on any atom is 0.337 e. The van der Waals surface area contributed by atoms with Gasteiger partial charge in [-0.3, -0.25) is 4.79 Å². The number of benzene rings is 2. The highest BCUT2D eigenvalue weighted by Crippen LogP contribution is 2.43. The van der Waals surface area contributed by atoms with E-state index in [1.165, 1.54) is 23.9 Å². The lowest BCUT2D eigenvalue weighted by Crippen LogP contribution is -2.20. The Morgan fingerprint density at radius 1 is 1.16 bits per heavy atom. The van der Waals surface area contributed by atoms with E-state index in [1.54, 1.807) is 6.07 Å². The molecule has 0 saturated heterocycles. The molecule has 0 spiro atoms. The second kappa shape index (κ2) is 8.17. The minimum atomic E-state index is -0.607. The van der Waals surface area contributed by atoms with Crippen LogP contribution in [0.2, 0.25) is 5.02 Å². The first-order chi connectivity index (χ1) is 15.5. The van der Waals surface area contributed by atoms with Crippen LogP contribution in [0.3, 0.4) is 0 Å². The minimum absolute atomic E-state index is 0.128. The third kappa shape index (κ3) is 3.52. The topological polar surface area (TPSA) is 61.2 Å². The largest absolute Gasteiger partial charge is 0.465 e. The summed E-state index contributed by atoms with van der Waals surface area (Å²) < 4.78 is 21.1. The van der Waals surface area contributed by atoms with E-state index in [0.29, 0.717) is 35.0 Å². The van der Waals surface area contributed by atoms with Gasteiger partial charge >= 0.3 is 5.97 Å². The lowest BCUT2D eigenvalue weighted by Gasteiger charge is -2.15. The number of hydrogen-bond donors (Lipinski definition) is 0. The summed E-state index contributed by atoms with van der Waals surface area (Å²) >= 11 is 6.47. The fourth-order valence-electron chi connectivity index (χ4n) is 4.54. The molecule has 3 aromatic rings. The Hall–Kier alpha value is -2.99. The van der Waals surface area contributed by atoms with Gasteiger partial charge in [-0.15, -0.1) is 0 Å². The van der Waals surface area contributed by atoms with Gasteiger partial charge in [0.1, 0.15) is 5.82 Å². The molecule has 7 heteroatoms. The fraction of sp³-hybridized carbons (Fsp3) is 0.320. The summed E-state index contributed by atoms with van der Waals surface area (Å²) in [5, 5.41) is 5.02. The molecule has 0 atom stereocenters. The number of rotatable bonds is 4. The van der Waals surface area contributed by atoms with Crippen molar-refractivity contribution in [1.29, 1.82) is 0 Å². The number of methoxy groups -OCH3 is 1. The van der Waals surface area contributed by atoms with E-state index in [4.69, 9.17) is 11.6 Å². The van der Waals surface area contributed by atoms with Crippen molar-refractivity contribution >= 4 is 23.5 Å². The minimum Gasteiger partial charge on any atom is -0.465 e. The van der Waals surface area contributed by atoms with Gasteiger partial charge in [-0.1, -0.05) is 23.7 Å². The summed E-state index contributed by atoms with van der Waals surface area (Å²) in [6.45, 7) is 0. The average molecular weight is 453 g/mol. The van der Waals surface area contributed by atoms with Crippen molar-refractivity contribution in [3.8, 4) is 11.3 Å². The number of ether oxygens (including phenoxy) is 1. The first kappa shape index (κ1) is 20.9. The third-order valence-electron chi connectivity index (χ3n) is 6.29. The van der Waals surface area contributed by atoms with Crippen molar-refractivity contribution < 1.29 is 18.7 Å². The first-order valence-corrected chi connectivity index (χ1v) is 11.2. The molecule has 1 fully saturated rings. The molecule has 5 rings (SSSR count). The van der Waals surface area contributed by atoms with Crippen molar-refractivity contribution in [2.45, 2.75) is 44.4 Å². The quantitative estimate of drug-likeness (QED) is 0.485. The molecule has 0 bridgehead atoms. The van der Waals surface area contributed by atoms with E-state index in [-0.39, 0.29) is 17.0 Å². The number of carbonyl (C=O) groups excluding carboxylic acids is 2. The van der Waals surface area contributed by atoms with E-state index < -0.39 is 11.8 Å². The fourth-order valence-corrected chi connectivity index (χ4v) is 4.80. The summed E-state index contributed by atoms with van der Waals surface area (Å²) in [6, 6.07) is 9.74. The molecule has 0 radical (unpaired) electrons. The summed E-state index contributed by atoms with van der Waals surface area (Å²) in [4.78, 5) is 25.4. The number of esters is 1. The zero-order valence-corrected chi connectivity index (χ0v) is 18.4. The molecule has 0 N–H and O–H groups in total. The van der Waals surface area contributed by atoms with Gasteiger partial charge in [-0.05, 0) is 74.3 Å². The molecule has 164 valence electrons. The van der Waals surface area contributed by atoms with Gasteiger partial charge < -0.3 is 4.74 Å². The first-order valence-electron chi connectivity index (χ1n) is 10.8. The maximum absolute atomic E-state index is 15.0. The standard InChI is InChI=1S/C25H22ClFN2O3/c1-32-25(31)15-11-12-17(20(27)13-15)23-18-5-2-3-8-21(18)29(28-23)24(30)22-16(14-9-10-14)6-4-7-19(22)26/h4,6-7,11-14H,2-3,5,8-10H2,1H3. The van der Waals surface area contributed by atoms with Gasteiger partial charge in [0.25, 0.3) is 5.91 Å². The van der Waals surface area contributed by atoms with Crippen molar-refractivity contribution in [3.63, 3.8) is 0 Å². The van der Waals surface area contributed by atoms with Gasteiger partial charge in [0.05, 0.1) is 34.6 Å². The second-order valence-electron chi connectivity index (χ2n) is 8.36. The molecular weight excluding hydrogens is 431 g/mol. The highest BCUT2D eigenvalue weighted by molar-refractivity contribution is 6.34. The van der Waals surface area contributed by atoms with Crippen LogP contribution in [0.1, 0.15) is 69.1 Å². The van der Waals surface area contributed by atoms with Crippen LogP contribution in [0, 0.1) is 5.82 Å². The maximum atomic E-state index is 15.0. The van der Waals surface area contributed by atoms with Crippen LogP contribution in [0.25, 0.3) is 11.3 Å². The van der Waals surface area contributed by atoms with Crippen LogP contribution in [0.4, 0.5) is 4.39 Å². The van der Waals surface area contributed by atoms with E-state index in [9.17, 15) is 9.59 Å². The number of nitrogens with zero attached hydrogens (tertiary/aromatic N) is 2. The Kier molecular flexibility index (Phi) is 5.33. The van der Waals surface area contributed by atoms with Crippen molar-refractivity contribution in [3.05, 3.63) is 75.2 Å². The van der Waals surface area contributed by atoms with E-state index >= 15 is 4.39 Å². The second-order valence-corrected chi connectivity index (χ2v) is 8.77. The van der Waals surface area contributed by atoms with Crippen LogP contribution < -0.4 is 0 Å². The predicted molar refractivity (Wildman–Crippen MR) is 119 cm³/mol. The predicted octanol–water partition coefficient (Wildman–Crippen LogP) is 5.57. The van der Waals surface area contributed by atoms with Gasteiger partial charge in [0.2, 0.25) is 0 Å². The number of aromatic nitrogens is 2. The molecule has 2 aliphatic carbocycles. The van der Waals surface area contributed by atoms with Crippen LogP contribution in [0.15, 0.2) is 36.4 Å². The molecule has 1 heterocycles. The van der Waals surface area contributed by atoms with Gasteiger partial charge in [0, 0.05) is 11.1 Å². The Labute approximate surface area is 190 Å². The molecule has 1 aromatic heterocycles. The summed E-state index contributed by atoms with van der Waals surface area (Å²) in [5.74, 6) is -1.10. The molecule has 0 aliphatic heterocycles. The van der Waals surface area contributed by atoms with E-state index in [2.05, 4.69) is 9.84 Å². The molecule has 1 saturated carbocycles. The normalized spacial score (nSPS) is 15.3. The third-order valence-corrected chi connectivity index (χ3v) is 6.61.